The van der Waals surface area contributed by atoms with Gasteiger partial charge in [0.1, 0.15) is 0 Å². The molecule has 23 heavy (non-hydrogen) atoms. The molecule has 1 saturated carbocycles. The van der Waals surface area contributed by atoms with Crippen molar-refractivity contribution in [3.8, 4) is 11.5 Å². The SMILES string of the molecule is CCCOc1ccc(C(=O)NCC(N)C2CC2)cc1OCCC. The first kappa shape index (κ1) is 17.6. The van der Waals surface area contributed by atoms with Gasteiger partial charge < -0.3 is 20.5 Å². The fourth-order valence-electron chi connectivity index (χ4n) is 2.31. The first-order chi connectivity index (χ1) is 11.2. The number of hydrogen-bond donors (Lipinski definition) is 2. The van der Waals surface area contributed by atoms with Crippen LogP contribution in [0.2, 0.25) is 0 Å². The van der Waals surface area contributed by atoms with Gasteiger partial charge in [-0.15, -0.1) is 0 Å². The number of amides is 1. The predicted octanol–water partition coefficient (Wildman–Crippen LogP) is 2.73. The summed E-state index contributed by atoms with van der Waals surface area (Å²) < 4.78 is 11.4. The Kier molecular flexibility index (Phi) is 6.71. The lowest BCUT2D eigenvalue weighted by molar-refractivity contribution is 0.0949. The summed E-state index contributed by atoms with van der Waals surface area (Å²) >= 11 is 0. The van der Waals surface area contributed by atoms with E-state index in [1.165, 1.54) is 12.8 Å². The maximum atomic E-state index is 12.3. The smallest absolute Gasteiger partial charge is 0.251 e. The van der Waals surface area contributed by atoms with Crippen LogP contribution in [0.5, 0.6) is 11.5 Å². The molecule has 2 rings (SSSR count). The summed E-state index contributed by atoms with van der Waals surface area (Å²) in [6.07, 6.45) is 4.18. The minimum absolute atomic E-state index is 0.0573. The molecule has 1 unspecified atom stereocenters. The Morgan fingerprint density at radius 2 is 1.87 bits per heavy atom. The van der Waals surface area contributed by atoms with Gasteiger partial charge in [-0.25, -0.2) is 0 Å². The fourth-order valence-corrected chi connectivity index (χ4v) is 2.31. The van der Waals surface area contributed by atoms with Gasteiger partial charge in [0.2, 0.25) is 0 Å². The van der Waals surface area contributed by atoms with E-state index < -0.39 is 0 Å². The second kappa shape index (κ2) is 8.77. The highest BCUT2D eigenvalue weighted by molar-refractivity contribution is 5.94. The van der Waals surface area contributed by atoms with Gasteiger partial charge >= 0.3 is 0 Å². The van der Waals surface area contributed by atoms with Crippen LogP contribution in [0.4, 0.5) is 0 Å². The van der Waals surface area contributed by atoms with E-state index >= 15 is 0 Å². The van der Waals surface area contributed by atoms with E-state index in [1.807, 2.05) is 6.92 Å². The summed E-state index contributed by atoms with van der Waals surface area (Å²) in [5, 5.41) is 2.91. The summed E-state index contributed by atoms with van der Waals surface area (Å²) in [6.45, 7) is 5.84. The van der Waals surface area contributed by atoms with Gasteiger partial charge in [-0.3, -0.25) is 4.79 Å². The normalized spacial score (nSPS) is 15.1. The fraction of sp³-hybridized carbons (Fsp3) is 0.611. The number of hydrogen-bond acceptors (Lipinski definition) is 4. The number of carbonyl (C=O) groups excluding carboxylic acids is 1. The van der Waals surface area contributed by atoms with Gasteiger partial charge in [-0.1, -0.05) is 13.8 Å². The Morgan fingerprint density at radius 3 is 2.48 bits per heavy atom. The lowest BCUT2D eigenvalue weighted by atomic mass is 10.1. The molecule has 5 heteroatoms. The number of nitrogens with one attached hydrogen (secondary N) is 1. The van der Waals surface area contributed by atoms with Crippen LogP contribution in [-0.4, -0.2) is 31.7 Å². The van der Waals surface area contributed by atoms with Crippen LogP contribution < -0.4 is 20.5 Å². The molecule has 0 radical (unpaired) electrons. The Hall–Kier alpha value is -1.75. The van der Waals surface area contributed by atoms with Gasteiger partial charge in [0.25, 0.3) is 5.91 Å². The van der Waals surface area contributed by atoms with Crippen molar-refractivity contribution in [1.29, 1.82) is 0 Å². The van der Waals surface area contributed by atoms with Crippen molar-refractivity contribution in [3.05, 3.63) is 23.8 Å². The minimum atomic E-state index is -0.121. The highest BCUT2D eigenvalue weighted by Gasteiger charge is 2.28. The molecule has 1 aromatic carbocycles. The largest absolute Gasteiger partial charge is 0.490 e. The van der Waals surface area contributed by atoms with Crippen LogP contribution in [0.3, 0.4) is 0 Å². The highest BCUT2D eigenvalue weighted by atomic mass is 16.5. The van der Waals surface area contributed by atoms with E-state index in [4.69, 9.17) is 15.2 Å². The first-order valence-corrected chi connectivity index (χ1v) is 8.59. The molecule has 0 aromatic heterocycles. The highest BCUT2D eigenvalue weighted by Crippen LogP contribution is 2.31. The second-order valence-electron chi connectivity index (χ2n) is 6.07. The second-order valence-corrected chi connectivity index (χ2v) is 6.07. The summed E-state index contributed by atoms with van der Waals surface area (Å²) in [4.78, 5) is 12.3. The van der Waals surface area contributed by atoms with Gasteiger partial charge in [-0.05, 0) is 49.8 Å². The van der Waals surface area contributed by atoms with Gasteiger partial charge in [0.15, 0.2) is 11.5 Å². The Labute approximate surface area is 138 Å². The minimum Gasteiger partial charge on any atom is -0.490 e. The topological polar surface area (TPSA) is 73.6 Å². The van der Waals surface area contributed by atoms with Crippen LogP contribution in [-0.2, 0) is 0 Å². The third-order valence-electron chi connectivity index (χ3n) is 3.86. The molecule has 1 aliphatic carbocycles. The number of ether oxygens (including phenoxy) is 2. The zero-order valence-corrected chi connectivity index (χ0v) is 14.1. The van der Waals surface area contributed by atoms with Crippen molar-refractivity contribution < 1.29 is 14.3 Å². The Morgan fingerprint density at radius 1 is 1.22 bits per heavy atom. The standard InChI is InChI=1S/C18H28N2O3/c1-3-9-22-16-8-7-14(11-17(16)23-10-4-2)18(21)20-12-15(19)13-5-6-13/h7-8,11,13,15H,3-6,9-10,12,19H2,1-2H3,(H,20,21). The average molecular weight is 320 g/mol. The Balaban J connectivity index is 2.00. The van der Waals surface area contributed by atoms with E-state index in [1.54, 1.807) is 18.2 Å². The lowest BCUT2D eigenvalue weighted by Crippen LogP contribution is -2.38. The zero-order valence-electron chi connectivity index (χ0n) is 14.1. The molecule has 0 saturated heterocycles. The molecule has 0 heterocycles. The molecule has 0 bridgehead atoms. The first-order valence-electron chi connectivity index (χ1n) is 8.59. The summed E-state index contributed by atoms with van der Waals surface area (Å²) in [7, 11) is 0. The molecule has 0 aliphatic heterocycles. The molecule has 1 amide bonds. The van der Waals surface area contributed by atoms with Gasteiger partial charge in [-0.2, -0.15) is 0 Å². The van der Waals surface area contributed by atoms with Gasteiger partial charge in [0, 0.05) is 18.2 Å². The molecular weight excluding hydrogens is 292 g/mol. The molecule has 0 spiro atoms. The molecule has 3 N–H and O–H groups in total. The van der Waals surface area contributed by atoms with Crippen molar-refractivity contribution in [2.45, 2.75) is 45.6 Å². The van der Waals surface area contributed by atoms with Crippen molar-refractivity contribution >= 4 is 5.91 Å². The van der Waals surface area contributed by atoms with Crippen molar-refractivity contribution in [1.82, 2.24) is 5.32 Å². The van der Waals surface area contributed by atoms with Crippen LogP contribution in [0.1, 0.15) is 49.9 Å². The summed E-state index contributed by atoms with van der Waals surface area (Å²) in [5.74, 6) is 1.76. The average Bonchev–Trinajstić information content (AvgIpc) is 3.41. The van der Waals surface area contributed by atoms with E-state index in [0.29, 0.717) is 42.7 Å². The summed E-state index contributed by atoms with van der Waals surface area (Å²) in [5.41, 5.74) is 6.59. The van der Waals surface area contributed by atoms with Gasteiger partial charge in [0.05, 0.1) is 13.2 Å². The third kappa shape index (κ3) is 5.43. The van der Waals surface area contributed by atoms with Crippen molar-refractivity contribution in [2.75, 3.05) is 19.8 Å². The summed E-state index contributed by atoms with van der Waals surface area (Å²) in [6, 6.07) is 5.37. The van der Waals surface area contributed by atoms with E-state index in [2.05, 4.69) is 12.2 Å². The van der Waals surface area contributed by atoms with Crippen molar-refractivity contribution in [2.24, 2.45) is 11.7 Å². The molecule has 1 aliphatic rings. The molecular formula is C18H28N2O3. The third-order valence-corrected chi connectivity index (χ3v) is 3.86. The quantitative estimate of drug-likeness (QED) is 0.695. The Bertz CT molecular complexity index is 515. The van der Waals surface area contributed by atoms with E-state index in [0.717, 1.165) is 12.8 Å². The molecule has 1 fully saturated rings. The van der Waals surface area contributed by atoms with Crippen LogP contribution >= 0.6 is 0 Å². The maximum absolute atomic E-state index is 12.3. The van der Waals surface area contributed by atoms with Crippen molar-refractivity contribution in [3.63, 3.8) is 0 Å². The number of nitrogens with two attached hydrogens (primary N) is 1. The number of rotatable bonds is 10. The molecule has 1 aromatic rings. The van der Waals surface area contributed by atoms with Crippen LogP contribution in [0.25, 0.3) is 0 Å². The van der Waals surface area contributed by atoms with E-state index in [-0.39, 0.29) is 11.9 Å². The molecule has 5 nitrogen and oxygen atoms in total. The maximum Gasteiger partial charge on any atom is 0.251 e. The lowest BCUT2D eigenvalue weighted by Gasteiger charge is -2.15. The zero-order chi connectivity index (χ0) is 16.7. The van der Waals surface area contributed by atoms with E-state index in [9.17, 15) is 4.79 Å². The monoisotopic (exact) mass is 320 g/mol. The molecule has 1 atom stereocenters. The molecule has 128 valence electrons. The number of carbonyl (C=O) groups is 1. The number of benzene rings is 1. The van der Waals surface area contributed by atoms with Crippen LogP contribution in [0.15, 0.2) is 18.2 Å². The van der Waals surface area contributed by atoms with Crippen LogP contribution in [0, 0.1) is 5.92 Å². The predicted molar refractivity (Wildman–Crippen MR) is 91.0 cm³/mol.